The maximum atomic E-state index is 4.18. The second-order valence-electron chi connectivity index (χ2n) is 5.53. The largest absolute Gasteiger partial charge is 0.312 e. The fourth-order valence-electron chi connectivity index (χ4n) is 2.78. The van der Waals surface area contributed by atoms with E-state index in [1.807, 2.05) is 17.9 Å². The lowest BCUT2D eigenvalue weighted by Crippen LogP contribution is -2.27. The normalized spacial score (nSPS) is 25.6. The molecule has 1 atom stereocenters. The van der Waals surface area contributed by atoms with Crippen molar-refractivity contribution < 1.29 is 0 Å². The van der Waals surface area contributed by atoms with Gasteiger partial charge in [0.15, 0.2) is 0 Å². The average molecular weight is 234 g/mol. The van der Waals surface area contributed by atoms with Gasteiger partial charge in [-0.15, -0.1) is 0 Å². The zero-order chi connectivity index (χ0) is 11.7. The Balaban J connectivity index is 1.37. The van der Waals surface area contributed by atoms with E-state index in [1.54, 1.807) is 0 Å². The van der Waals surface area contributed by atoms with Crippen molar-refractivity contribution in [3.05, 3.63) is 18.0 Å². The smallest absolute Gasteiger partial charge is 0.0534 e. The summed E-state index contributed by atoms with van der Waals surface area (Å²) in [6, 6.07) is 0.943. The van der Waals surface area contributed by atoms with E-state index in [-0.39, 0.29) is 0 Å². The van der Waals surface area contributed by atoms with Gasteiger partial charge in [0.2, 0.25) is 0 Å². The number of rotatable bonds is 5. The molecule has 1 saturated carbocycles. The van der Waals surface area contributed by atoms with Crippen LogP contribution in [0.2, 0.25) is 0 Å². The number of hydrogen-bond donors (Lipinski definition) is 1. The summed E-state index contributed by atoms with van der Waals surface area (Å²) in [6.07, 6.45) is 8.28. The van der Waals surface area contributed by atoms with Gasteiger partial charge in [-0.05, 0) is 38.3 Å². The second-order valence-corrected chi connectivity index (χ2v) is 5.53. The number of aryl methyl sites for hydroxylation is 1. The summed E-state index contributed by atoms with van der Waals surface area (Å²) in [7, 11) is 1.97. The van der Waals surface area contributed by atoms with Gasteiger partial charge in [0.1, 0.15) is 0 Å². The maximum Gasteiger partial charge on any atom is 0.0534 e. The first-order chi connectivity index (χ1) is 8.31. The molecule has 1 N–H and O–H groups in total. The van der Waals surface area contributed by atoms with Crippen LogP contribution in [0.15, 0.2) is 12.4 Å². The first-order valence-corrected chi connectivity index (χ1v) is 6.73. The first kappa shape index (κ1) is 11.2. The van der Waals surface area contributed by atoms with Crippen LogP contribution >= 0.6 is 0 Å². The predicted molar refractivity (Wildman–Crippen MR) is 67.6 cm³/mol. The zero-order valence-corrected chi connectivity index (χ0v) is 10.6. The number of nitrogens with zero attached hydrogens (tertiary/aromatic N) is 3. The van der Waals surface area contributed by atoms with E-state index >= 15 is 0 Å². The van der Waals surface area contributed by atoms with Crippen molar-refractivity contribution >= 4 is 0 Å². The van der Waals surface area contributed by atoms with Crippen LogP contribution in [0.5, 0.6) is 0 Å². The van der Waals surface area contributed by atoms with E-state index in [4.69, 9.17) is 0 Å². The molecule has 0 bridgehead atoms. The molecule has 4 nitrogen and oxygen atoms in total. The quantitative estimate of drug-likeness (QED) is 0.825. The van der Waals surface area contributed by atoms with E-state index in [0.717, 1.165) is 25.0 Å². The predicted octanol–water partition coefficient (Wildman–Crippen LogP) is 0.994. The SMILES string of the molecule is Cn1cc(CNCC2CCN(C3CC3)C2)cn1. The van der Waals surface area contributed by atoms with Crippen molar-refractivity contribution in [2.75, 3.05) is 19.6 Å². The summed E-state index contributed by atoms with van der Waals surface area (Å²) in [4.78, 5) is 2.68. The van der Waals surface area contributed by atoms with Crippen LogP contribution in [0.25, 0.3) is 0 Å². The van der Waals surface area contributed by atoms with Crippen LogP contribution in [0, 0.1) is 5.92 Å². The molecule has 2 fully saturated rings. The molecule has 17 heavy (non-hydrogen) atoms. The lowest BCUT2D eigenvalue weighted by molar-refractivity contribution is 0.312. The van der Waals surface area contributed by atoms with Gasteiger partial charge in [-0.1, -0.05) is 0 Å². The highest BCUT2D eigenvalue weighted by atomic mass is 15.2. The summed E-state index contributed by atoms with van der Waals surface area (Å²) >= 11 is 0. The molecule has 2 heterocycles. The summed E-state index contributed by atoms with van der Waals surface area (Å²) in [5.41, 5.74) is 1.28. The van der Waals surface area contributed by atoms with Crippen molar-refractivity contribution in [1.29, 1.82) is 0 Å². The van der Waals surface area contributed by atoms with Gasteiger partial charge < -0.3 is 10.2 Å². The highest BCUT2D eigenvalue weighted by molar-refractivity contribution is 5.02. The fraction of sp³-hybridized carbons (Fsp3) is 0.769. The lowest BCUT2D eigenvalue weighted by Gasteiger charge is -2.14. The number of nitrogens with one attached hydrogen (secondary N) is 1. The molecule has 3 rings (SSSR count). The van der Waals surface area contributed by atoms with Crippen molar-refractivity contribution in [3.8, 4) is 0 Å². The van der Waals surface area contributed by atoms with Gasteiger partial charge in [0, 0.05) is 37.9 Å². The van der Waals surface area contributed by atoms with Crippen molar-refractivity contribution in [2.45, 2.75) is 31.8 Å². The standard InChI is InChI=1S/C13H22N4/c1-16-9-12(8-15-16)7-14-6-11-4-5-17(10-11)13-2-3-13/h8-9,11,13-14H,2-7,10H2,1H3. The molecule has 0 amide bonds. The second kappa shape index (κ2) is 4.78. The molecule has 1 aliphatic carbocycles. The highest BCUT2D eigenvalue weighted by Crippen LogP contribution is 2.31. The third-order valence-corrected chi connectivity index (χ3v) is 3.90. The third kappa shape index (κ3) is 2.87. The lowest BCUT2D eigenvalue weighted by atomic mass is 10.1. The Labute approximate surface area is 103 Å². The minimum atomic E-state index is 0.854. The molecular weight excluding hydrogens is 212 g/mol. The van der Waals surface area contributed by atoms with Gasteiger partial charge in [-0.25, -0.2) is 0 Å². The number of likely N-dealkylation sites (tertiary alicyclic amines) is 1. The molecular formula is C13H22N4. The van der Waals surface area contributed by atoms with E-state index in [9.17, 15) is 0 Å². The van der Waals surface area contributed by atoms with Crippen LogP contribution in [0.3, 0.4) is 0 Å². The van der Waals surface area contributed by atoms with E-state index in [2.05, 4.69) is 21.5 Å². The molecule has 2 aliphatic rings. The summed E-state index contributed by atoms with van der Waals surface area (Å²) in [5, 5.41) is 7.74. The Kier molecular flexibility index (Phi) is 3.16. The van der Waals surface area contributed by atoms with E-state index in [0.29, 0.717) is 0 Å². The number of aromatic nitrogens is 2. The number of hydrogen-bond acceptors (Lipinski definition) is 3. The Hall–Kier alpha value is -0.870. The van der Waals surface area contributed by atoms with Gasteiger partial charge in [-0.3, -0.25) is 4.68 Å². The topological polar surface area (TPSA) is 33.1 Å². The Morgan fingerprint density at radius 1 is 1.41 bits per heavy atom. The third-order valence-electron chi connectivity index (χ3n) is 3.90. The van der Waals surface area contributed by atoms with Crippen LogP contribution in [0.4, 0.5) is 0 Å². The molecule has 1 aliphatic heterocycles. The molecule has 1 saturated heterocycles. The Morgan fingerprint density at radius 2 is 2.29 bits per heavy atom. The van der Waals surface area contributed by atoms with Crippen LogP contribution in [0.1, 0.15) is 24.8 Å². The monoisotopic (exact) mass is 234 g/mol. The highest BCUT2D eigenvalue weighted by Gasteiger charge is 2.33. The van der Waals surface area contributed by atoms with Gasteiger partial charge >= 0.3 is 0 Å². The average Bonchev–Trinajstić information content (AvgIpc) is 2.93. The summed E-state index contributed by atoms with van der Waals surface area (Å²) in [6.45, 7) is 4.74. The minimum absolute atomic E-state index is 0.854. The van der Waals surface area contributed by atoms with Crippen molar-refractivity contribution in [1.82, 2.24) is 20.0 Å². The zero-order valence-electron chi connectivity index (χ0n) is 10.6. The van der Waals surface area contributed by atoms with Gasteiger partial charge in [-0.2, -0.15) is 5.10 Å². The molecule has 4 heteroatoms. The van der Waals surface area contributed by atoms with Crippen LogP contribution in [-0.2, 0) is 13.6 Å². The van der Waals surface area contributed by atoms with Crippen LogP contribution < -0.4 is 5.32 Å². The van der Waals surface area contributed by atoms with Gasteiger partial charge in [0.25, 0.3) is 0 Å². The van der Waals surface area contributed by atoms with E-state index in [1.165, 1.54) is 37.9 Å². The molecule has 0 aromatic carbocycles. The molecule has 0 spiro atoms. The molecule has 1 unspecified atom stereocenters. The Morgan fingerprint density at radius 3 is 3.00 bits per heavy atom. The van der Waals surface area contributed by atoms with Crippen molar-refractivity contribution in [3.63, 3.8) is 0 Å². The summed E-state index contributed by atoms with van der Waals surface area (Å²) < 4.78 is 1.86. The minimum Gasteiger partial charge on any atom is -0.312 e. The summed E-state index contributed by atoms with van der Waals surface area (Å²) in [5.74, 6) is 0.854. The molecule has 1 aromatic heterocycles. The molecule has 94 valence electrons. The van der Waals surface area contributed by atoms with Crippen molar-refractivity contribution in [2.24, 2.45) is 13.0 Å². The fourth-order valence-corrected chi connectivity index (χ4v) is 2.78. The van der Waals surface area contributed by atoms with Gasteiger partial charge in [0.05, 0.1) is 6.20 Å². The molecule has 0 radical (unpaired) electrons. The van der Waals surface area contributed by atoms with E-state index < -0.39 is 0 Å². The first-order valence-electron chi connectivity index (χ1n) is 6.73. The Bertz CT molecular complexity index is 369. The molecule has 1 aromatic rings. The maximum absolute atomic E-state index is 4.18. The van der Waals surface area contributed by atoms with Crippen LogP contribution in [-0.4, -0.2) is 40.4 Å².